The van der Waals surface area contributed by atoms with Crippen LogP contribution in [0.25, 0.3) is 10.4 Å². The van der Waals surface area contributed by atoms with Crippen LogP contribution >= 0.6 is 11.3 Å². The zero-order valence-electron chi connectivity index (χ0n) is 13.4. The molecule has 126 valence electrons. The number of thiophene rings is 1. The predicted molar refractivity (Wildman–Crippen MR) is 89.7 cm³/mol. The highest BCUT2D eigenvalue weighted by molar-refractivity contribution is 7.17. The van der Waals surface area contributed by atoms with Crippen LogP contribution in [0.3, 0.4) is 0 Å². The van der Waals surface area contributed by atoms with E-state index < -0.39 is 5.97 Å². The minimum Gasteiger partial charge on any atom is -0.486 e. The summed E-state index contributed by atoms with van der Waals surface area (Å²) >= 11 is 1.31. The summed E-state index contributed by atoms with van der Waals surface area (Å²) in [5.41, 5.74) is 0.938. The van der Waals surface area contributed by atoms with Crippen LogP contribution in [0, 0.1) is 0 Å². The Bertz CT molecular complexity index is 768. The van der Waals surface area contributed by atoms with Crippen molar-refractivity contribution in [3.63, 3.8) is 0 Å². The lowest BCUT2D eigenvalue weighted by Crippen LogP contribution is -2.27. The predicted octanol–water partition coefficient (Wildman–Crippen LogP) is 2.43. The van der Waals surface area contributed by atoms with Crippen LogP contribution in [-0.2, 0) is 9.53 Å². The highest BCUT2D eigenvalue weighted by Crippen LogP contribution is 2.36. The van der Waals surface area contributed by atoms with Crippen LogP contribution in [0.4, 0.5) is 0 Å². The van der Waals surface area contributed by atoms with Crippen LogP contribution in [-0.4, -0.2) is 50.7 Å². The van der Waals surface area contributed by atoms with E-state index in [1.165, 1.54) is 16.2 Å². The fourth-order valence-electron chi connectivity index (χ4n) is 2.13. The van der Waals surface area contributed by atoms with Crippen LogP contribution in [0.2, 0.25) is 0 Å². The molecular formula is C17H17NO5S. The second kappa shape index (κ2) is 6.92. The first-order valence-electron chi connectivity index (χ1n) is 7.42. The molecule has 24 heavy (non-hydrogen) atoms. The molecule has 1 amide bonds. The Balaban J connectivity index is 1.71. The van der Waals surface area contributed by atoms with E-state index in [1.807, 2.05) is 24.3 Å². The van der Waals surface area contributed by atoms with Gasteiger partial charge in [0.2, 0.25) is 0 Å². The number of benzene rings is 1. The van der Waals surface area contributed by atoms with Crippen molar-refractivity contribution in [3.05, 3.63) is 35.2 Å². The Hall–Kier alpha value is -2.54. The van der Waals surface area contributed by atoms with Gasteiger partial charge in [0.05, 0.1) is 0 Å². The summed E-state index contributed by atoms with van der Waals surface area (Å²) in [5, 5.41) is 0. The second-order valence-electron chi connectivity index (χ2n) is 5.39. The van der Waals surface area contributed by atoms with Crippen LogP contribution in [0.1, 0.15) is 9.67 Å². The molecule has 0 saturated carbocycles. The highest BCUT2D eigenvalue weighted by atomic mass is 32.1. The van der Waals surface area contributed by atoms with Crippen molar-refractivity contribution in [3.8, 4) is 21.9 Å². The molecule has 1 aromatic carbocycles. The molecule has 0 spiro atoms. The summed E-state index contributed by atoms with van der Waals surface area (Å²) < 4.78 is 16.1. The number of ether oxygens (including phenoxy) is 3. The van der Waals surface area contributed by atoms with Crippen LogP contribution in [0.5, 0.6) is 11.5 Å². The van der Waals surface area contributed by atoms with Gasteiger partial charge in [0.15, 0.2) is 18.1 Å². The smallest absolute Gasteiger partial charge is 0.348 e. The zero-order chi connectivity index (χ0) is 17.1. The lowest BCUT2D eigenvalue weighted by Gasteiger charge is -2.18. The lowest BCUT2D eigenvalue weighted by molar-refractivity contribution is -0.131. The molecule has 0 unspecified atom stereocenters. The van der Waals surface area contributed by atoms with Gasteiger partial charge in [-0.3, -0.25) is 4.79 Å². The van der Waals surface area contributed by atoms with E-state index in [1.54, 1.807) is 20.2 Å². The monoisotopic (exact) mass is 347 g/mol. The summed E-state index contributed by atoms with van der Waals surface area (Å²) in [6, 6.07) is 9.21. The third-order valence-corrected chi connectivity index (χ3v) is 4.57. The number of likely N-dealkylation sites (N-methyl/N-ethyl adjacent to an activating group) is 1. The van der Waals surface area contributed by atoms with Crippen molar-refractivity contribution in [1.82, 2.24) is 4.90 Å². The minimum absolute atomic E-state index is 0.257. The van der Waals surface area contributed by atoms with E-state index in [9.17, 15) is 9.59 Å². The van der Waals surface area contributed by atoms with Crippen LogP contribution < -0.4 is 9.47 Å². The fraction of sp³-hybridized carbons (Fsp3) is 0.294. The molecule has 0 bridgehead atoms. The Labute approximate surface area is 143 Å². The first kappa shape index (κ1) is 16.3. The Morgan fingerprint density at radius 1 is 1.12 bits per heavy atom. The number of rotatable bonds is 4. The van der Waals surface area contributed by atoms with Gasteiger partial charge in [0, 0.05) is 19.0 Å². The number of fused-ring (bicyclic) bond motifs is 1. The maximum Gasteiger partial charge on any atom is 0.348 e. The summed E-state index contributed by atoms with van der Waals surface area (Å²) in [5.74, 6) is 0.669. The molecule has 0 aliphatic carbocycles. The quantitative estimate of drug-likeness (QED) is 0.795. The van der Waals surface area contributed by atoms with Gasteiger partial charge in [-0.25, -0.2) is 4.79 Å². The molecule has 1 aliphatic rings. The highest BCUT2D eigenvalue weighted by Gasteiger charge is 2.16. The van der Waals surface area contributed by atoms with Gasteiger partial charge < -0.3 is 19.1 Å². The fourth-order valence-corrected chi connectivity index (χ4v) is 3.02. The van der Waals surface area contributed by atoms with Gasteiger partial charge in [-0.05, 0) is 35.9 Å². The Kier molecular flexibility index (Phi) is 4.71. The molecule has 0 fully saturated rings. The average Bonchev–Trinajstić information content (AvgIpc) is 3.09. The van der Waals surface area contributed by atoms with E-state index in [2.05, 4.69) is 0 Å². The van der Waals surface area contributed by atoms with Crippen molar-refractivity contribution < 1.29 is 23.8 Å². The van der Waals surface area contributed by atoms with Crippen molar-refractivity contribution in [1.29, 1.82) is 0 Å². The Morgan fingerprint density at radius 2 is 1.88 bits per heavy atom. The van der Waals surface area contributed by atoms with Gasteiger partial charge in [-0.15, -0.1) is 11.3 Å². The molecule has 1 aromatic heterocycles. The molecule has 2 heterocycles. The standard InChI is InChI=1S/C17H17NO5S/c1-18(2)16(19)10-23-17(20)15-6-5-14(24-15)11-3-4-12-13(9-11)22-8-7-21-12/h3-6,9H,7-8,10H2,1-2H3. The zero-order valence-corrected chi connectivity index (χ0v) is 14.2. The maximum absolute atomic E-state index is 12.0. The van der Waals surface area contributed by atoms with Crippen molar-refractivity contribution in [2.24, 2.45) is 0 Å². The number of carbonyl (C=O) groups is 2. The first-order valence-corrected chi connectivity index (χ1v) is 8.23. The summed E-state index contributed by atoms with van der Waals surface area (Å²) in [6.45, 7) is 0.814. The molecule has 0 atom stereocenters. The minimum atomic E-state index is -0.501. The molecule has 2 aromatic rings. The summed E-state index contributed by atoms with van der Waals surface area (Å²) in [4.78, 5) is 26.2. The lowest BCUT2D eigenvalue weighted by atomic mass is 10.1. The van der Waals surface area contributed by atoms with Gasteiger partial charge >= 0.3 is 5.97 Å². The van der Waals surface area contributed by atoms with Crippen molar-refractivity contribution in [2.45, 2.75) is 0 Å². The Morgan fingerprint density at radius 3 is 2.62 bits per heavy atom. The maximum atomic E-state index is 12.0. The molecule has 1 aliphatic heterocycles. The van der Waals surface area contributed by atoms with Crippen molar-refractivity contribution in [2.75, 3.05) is 33.9 Å². The third kappa shape index (κ3) is 3.51. The average molecular weight is 347 g/mol. The number of hydrogen-bond acceptors (Lipinski definition) is 6. The van der Waals surface area contributed by atoms with E-state index in [-0.39, 0.29) is 12.5 Å². The number of nitrogens with zero attached hydrogens (tertiary/aromatic N) is 1. The van der Waals surface area contributed by atoms with E-state index in [0.29, 0.717) is 23.8 Å². The van der Waals surface area contributed by atoms with Gasteiger partial charge in [-0.2, -0.15) is 0 Å². The molecule has 7 heteroatoms. The number of esters is 1. The number of hydrogen-bond donors (Lipinski definition) is 0. The second-order valence-corrected chi connectivity index (χ2v) is 6.47. The number of carbonyl (C=O) groups excluding carboxylic acids is 2. The topological polar surface area (TPSA) is 65.1 Å². The SMILES string of the molecule is CN(C)C(=O)COC(=O)c1ccc(-c2ccc3c(c2)OCCO3)s1. The van der Waals surface area contributed by atoms with Crippen molar-refractivity contribution >= 4 is 23.2 Å². The van der Waals surface area contributed by atoms with Gasteiger partial charge in [0.1, 0.15) is 18.1 Å². The summed E-state index contributed by atoms with van der Waals surface area (Å²) in [7, 11) is 3.22. The van der Waals surface area contributed by atoms with Gasteiger partial charge in [-0.1, -0.05) is 0 Å². The van der Waals surface area contributed by atoms with E-state index >= 15 is 0 Å². The molecule has 0 N–H and O–H groups in total. The largest absolute Gasteiger partial charge is 0.486 e. The van der Waals surface area contributed by atoms with E-state index in [0.717, 1.165) is 16.2 Å². The molecular weight excluding hydrogens is 330 g/mol. The molecule has 0 radical (unpaired) electrons. The molecule has 6 nitrogen and oxygen atoms in total. The van der Waals surface area contributed by atoms with E-state index in [4.69, 9.17) is 14.2 Å². The van der Waals surface area contributed by atoms with Crippen LogP contribution in [0.15, 0.2) is 30.3 Å². The number of amides is 1. The molecule has 0 saturated heterocycles. The normalized spacial score (nSPS) is 12.6. The molecule has 3 rings (SSSR count). The summed E-state index contributed by atoms with van der Waals surface area (Å²) in [6.07, 6.45) is 0. The first-order chi connectivity index (χ1) is 11.5. The van der Waals surface area contributed by atoms with Gasteiger partial charge in [0.25, 0.3) is 5.91 Å². The third-order valence-electron chi connectivity index (χ3n) is 3.46.